The van der Waals surface area contributed by atoms with Gasteiger partial charge in [-0.15, -0.1) is 0 Å². The molecular formula is C12H20N2. The van der Waals surface area contributed by atoms with E-state index in [4.69, 9.17) is 11.5 Å². The second-order valence-electron chi connectivity index (χ2n) is 4.36. The maximum Gasteiger partial charge on any atom is 0.0352 e. The number of rotatable bonds is 3. The third-order valence-electron chi connectivity index (χ3n) is 2.50. The molecule has 0 aromatic heterocycles. The Kier molecular flexibility index (Phi) is 3.29. The van der Waals surface area contributed by atoms with Gasteiger partial charge in [0.25, 0.3) is 0 Å². The monoisotopic (exact) mass is 192 g/mol. The van der Waals surface area contributed by atoms with Crippen LogP contribution in [0, 0.1) is 0 Å². The van der Waals surface area contributed by atoms with E-state index in [9.17, 15) is 0 Å². The van der Waals surface area contributed by atoms with Gasteiger partial charge in [0.2, 0.25) is 0 Å². The summed E-state index contributed by atoms with van der Waals surface area (Å²) < 4.78 is 0. The van der Waals surface area contributed by atoms with E-state index in [0.717, 1.165) is 12.0 Å². The van der Waals surface area contributed by atoms with E-state index in [2.05, 4.69) is 19.1 Å². The van der Waals surface area contributed by atoms with Crippen molar-refractivity contribution >= 4 is 0 Å². The number of hydrogen-bond acceptors (Lipinski definition) is 2. The topological polar surface area (TPSA) is 52.0 Å². The van der Waals surface area contributed by atoms with E-state index in [1.807, 2.05) is 26.0 Å². The number of hydrogen-bond donors (Lipinski definition) is 2. The highest BCUT2D eigenvalue weighted by molar-refractivity contribution is 5.29. The Morgan fingerprint density at radius 3 is 2.50 bits per heavy atom. The van der Waals surface area contributed by atoms with Gasteiger partial charge in [-0.3, -0.25) is 0 Å². The first-order chi connectivity index (χ1) is 6.45. The van der Waals surface area contributed by atoms with Crippen molar-refractivity contribution in [2.45, 2.75) is 38.8 Å². The first kappa shape index (κ1) is 11.2. The van der Waals surface area contributed by atoms with E-state index in [-0.39, 0.29) is 11.6 Å². The van der Waals surface area contributed by atoms with Gasteiger partial charge in [-0.2, -0.15) is 0 Å². The number of benzene rings is 1. The second-order valence-corrected chi connectivity index (χ2v) is 4.36. The zero-order valence-electron chi connectivity index (χ0n) is 9.25. The van der Waals surface area contributed by atoms with Crippen LogP contribution in [0.15, 0.2) is 24.3 Å². The summed E-state index contributed by atoms with van der Waals surface area (Å²) in [6.07, 6.45) is 0.953. The van der Waals surface area contributed by atoms with Crippen LogP contribution in [0.4, 0.5) is 0 Å². The van der Waals surface area contributed by atoms with E-state index >= 15 is 0 Å². The van der Waals surface area contributed by atoms with Gasteiger partial charge in [-0.25, -0.2) is 0 Å². The van der Waals surface area contributed by atoms with Gasteiger partial charge < -0.3 is 11.5 Å². The molecule has 1 unspecified atom stereocenters. The van der Waals surface area contributed by atoms with Crippen LogP contribution in [0.5, 0.6) is 0 Å². The maximum atomic E-state index is 6.03. The normalized spacial score (nSPS) is 14.1. The molecule has 0 heterocycles. The first-order valence-electron chi connectivity index (χ1n) is 5.10. The Bertz CT molecular complexity index is 299. The van der Waals surface area contributed by atoms with Crippen molar-refractivity contribution in [2.24, 2.45) is 11.5 Å². The van der Waals surface area contributed by atoms with Crippen molar-refractivity contribution in [3.8, 4) is 0 Å². The summed E-state index contributed by atoms with van der Waals surface area (Å²) in [6, 6.07) is 8.36. The molecule has 14 heavy (non-hydrogen) atoms. The summed E-state index contributed by atoms with van der Waals surface area (Å²) in [4.78, 5) is 0. The van der Waals surface area contributed by atoms with E-state index in [1.54, 1.807) is 0 Å². The van der Waals surface area contributed by atoms with Gasteiger partial charge in [0.05, 0.1) is 0 Å². The smallest absolute Gasteiger partial charge is 0.0352 e. The summed E-state index contributed by atoms with van der Waals surface area (Å²) in [7, 11) is 0. The van der Waals surface area contributed by atoms with Gasteiger partial charge in [0, 0.05) is 11.6 Å². The summed E-state index contributed by atoms with van der Waals surface area (Å²) in [6.45, 7) is 6.10. The number of nitrogens with two attached hydrogens (primary N) is 2. The maximum absolute atomic E-state index is 6.03. The molecule has 0 bridgehead atoms. The van der Waals surface area contributed by atoms with Crippen molar-refractivity contribution in [1.82, 2.24) is 0 Å². The highest BCUT2D eigenvalue weighted by atomic mass is 14.7. The SMILES string of the molecule is CCC(N)c1cccc(C(C)(C)N)c1. The van der Waals surface area contributed by atoms with Gasteiger partial charge >= 0.3 is 0 Å². The van der Waals surface area contributed by atoms with Crippen LogP contribution in [0.25, 0.3) is 0 Å². The van der Waals surface area contributed by atoms with Crippen LogP contribution in [-0.4, -0.2) is 0 Å². The molecule has 0 aliphatic rings. The Balaban J connectivity index is 3.01. The minimum Gasteiger partial charge on any atom is -0.324 e. The molecule has 0 fully saturated rings. The molecule has 0 aliphatic carbocycles. The Labute approximate surface area is 86.3 Å². The van der Waals surface area contributed by atoms with Gasteiger partial charge in [0.1, 0.15) is 0 Å². The van der Waals surface area contributed by atoms with E-state index in [1.165, 1.54) is 5.56 Å². The van der Waals surface area contributed by atoms with Gasteiger partial charge in [-0.1, -0.05) is 31.2 Å². The predicted molar refractivity (Wildman–Crippen MR) is 60.9 cm³/mol. The summed E-state index contributed by atoms with van der Waals surface area (Å²) >= 11 is 0. The average Bonchev–Trinajstić information content (AvgIpc) is 2.15. The fraction of sp³-hybridized carbons (Fsp3) is 0.500. The Hall–Kier alpha value is -0.860. The lowest BCUT2D eigenvalue weighted by Gasteiger charge is -2.21. The highest BCUT2D eigenvalue weighted by Gasteiger charge is 2.15. The third kappa shape index (κ3) is 2.56. The molecule has 1 aromatic rings. The summed E-state index contributed by atoms with van der Waals surface area (Å²) in [5.41, 5.74) is 14.0. The molecule has 0 saturated carbocycles. The molecule has 0 aliphatic heterocycles. The molecule has 1 aromatic carbocycles. The molecule has 0 spiro atoms. The molecule has 1 atom stereocenters. The lowest BCUT2D eigenvalue weighted by Crippen LogP contribution is -2.28. The first-order valence-corrected chi connectivity index (χ1v) is 5.10. The lowest BCUT2D eigenvalue weighted by molar-refractivity contribution is 0.552. The van der Waals surface area contributed by atoms with Crippen molar-refractivity contribution in [2.75, 3.05) is 0 Å². The minimum absolute atomic E-state index is 0.122. The fourth-order valence-corrected chi connectivity index (χ4v) is 1.41. The molecule has 0 radical (unpaired) electrons. The van der Waals surface area contributed by atoms with Crippen molar-refractivity contribution in [3.63, 3.8) is 0 Å². The quantitative estimate of drug-likeness (QED) is 0.772. The Morgan fingerprint density at radius 2 is 2.00 bits per heavy atom. The van der Waals surface area contributed by atoms with Crippen molar-refractivity contribution in [1.29, 1.82) is 0 Å². The standard InChI is InChI=1S/C12H20N2/c1-4-11(13)9-6-5-7-10(8-9)12(2,3)14/h5-8,11H,4,13-14H2,1-3H3. The largest absolute Gasteiger partial charge is 0.324 e. The van der Waals surface area contributed by atoms with Crippen molar-refractivity contribution < 1.29 is 0 Å². The molecule has 4 N–H and O–H groups in total. The molecule has 0 saturated heterocycles. The van der Waals surface area contributed by atoms with Gasteiger partial charge in [-0.05, 0) is 31.4 Å². The molecule has 2 nitrogen and oxygen atoms in total. The van der Waals surface area contributed by atoms with Crippen LogP contribution >= 0.6 is 0 Å². The van der Waals surface area contributed by atoms with Crippen LogP contribution in [0.2, 0.25) is 0 Å². The Morgan fingerprint density at radius 1 is 1.36 bits per heavy atom. The zero-order valence-corrected chi connectivity index (χ0v) is 9.25. The molecular weight excluding hydrogens is 172 g/mol. The molecule has 78 valence electrons. The molecule has 1 rings (SSSR count). The van der Waals surface area contributed by atoms with Gasteiger partial charge in [0.15, 0.2) is 0 Å². The molecule has 2 heteroatoms. The van der Waals surface area contributed by atoms with Crippen LogP contribution in [0.1, 0.15) is 44.4 Å². The lowest BCUT2D eigenvalue weighted by atomic mass is 9.92. The van der Waals surface area contributed by atoms with Crippen LogP contribution in [-0.2, 0) is 5.54 Å². The summed E-state index contributed by atoms with van der Waals surface area (Å²) in [5, 5.41) is 0. The van der Waals surface area contributed by atoms with Crippen LogP contribution in [0.3, 0.4) is 0 Å². The minimum atomic E-state index is -0.288. The van der Waals surface area contributed by atoms with Crippen molar-refractivity contribution in [3.05, 3.63) is 35.4 Å². The van der Waals surface area contributed by atoms with E-state index < -0.39 is 0 Å². The fourth-order valence-electron chi connectivity index (χ4n) is 1.41. The third-order valence-corrected chi connectivity index (χ3v) is 2.50. The second kappa shape index (κ2) is 4.11. The zero-order chi connectivity index (χ0) is 10.8. The van der Waals surface area contributed by atoms with Crippen LogP contribution < -0.4 is 11.5 Å². The highest BCUT2D eigenvalue weighted by Crippen LogP contribution is 2.21. The predicted octanol–water partition coefficient (Wildman–Crippen LogP) is 2.29. The van der Waals surface area contributed by atoms with E-state index in [0.29, 0.717) is 0 Å². The molecule has 0 amide bonds. The summed E-state index contributed by atoms with van der Waals surface area (Å²) in [5.74, 6) is 0. The average molecular weight is 192 g/mol.